The van der Waals surface area contributed by atoms with Crippen molar-refractivity contribution in [2.24, 2.45) is 16.3 Å². The molecule has 2 saturated heterocycles. The maximum absolute atomic E-state index is 5.94. The first kappa shape index (κ1) is 18.6. The molecular weight excluding hydrogens is 336 g/mol. The minimum absolute atomic E-state index is 0.178. The molecule has 3 atom stereocenters. The van der Waals surface area contributed by atoms with Crippen LogP contribution in [0.1, 0.15) is 31.4 Å². The maximum Gasteiger partial charge on any atom is 0.194 e. The predicted molar refractivity (Wildman–Crippen MR) is 112 cm³/mol. The number of benzene rings is 1. The van der Waals surface area contributed by atoms with Crippen molar-refractivity contribution in [3.63, 3.8) is 0 Å². The summed E-state index contributed by atoms with van der Waals surface area (Å²) in [5, 5.41) is 3.79. The van der Waals surface area contributed by atoms with Gasteiger partial charge in [0.1, 0.15) is 0 Å². The second kappa shape index (κ2) is 7.01. The number of nitrogens with one attached hydrogen (secondary N) is 1. The molecular formula is C22H34N4O. The Bertz CT molecular complexity index is 721. The molecule has 3 aliphatic rings. The summed E-state index contributed by atoms with van der Waals surface area (Å²) in [7, 11) is 1.91. The molecule has 1 aliphatic carbocycles. The fraction of sp³-hybridized carbons (Fsp3) is 0.682. The van der Waals surface area contributed by atoms with Crippen LogP contribution in [-0.4, -0.2) is 62.8 Å². The van der Waals surface area contributed by atoms with Crippen LogP contribution in [0.15, 0.2) is 23.2 Å². The van der Waals surface area contributed by atoms with E-state index in [0.29, 0.717) is 18.1 Å². The predicted octanol–water partition coefficient (Wildman–Crippen LogP) is 2.81. The molecule has 0 radical (unpaired) electrons. The van der Waals surface area contributed by atoms with E-state index in [1.54, 1.807) is 0 Å². The summed E-state index contributed by atoms with van der Waals surface area (Å²) in [5.74, 6) is 1.69. The first-order valence-electron chi connectivity index (χ1n) is 10.3. The summed E-state index contributed by atoms with van der Waals surface area (Å²) in [6, 6.07) is 7.08. The third-order valence-corrected chi connectivity index (χ3v) is 7.09. The summed E-state index contributed by atoms with van der Waals surface area (Å²) >= 11 is 0. The highest BCUT2D eigenvalue weighted by atomic mass is 16.5. The Hall–Kier alpha value is -1.75. The van der Waals surface area contributed by atoms with E-state index in [1.165, 1.54) is 23.2 Å². The van der Waals surface area contributed by atoms with Gasteiger partial charge in [0.15, 0.2) is 5.96 Å². The van der Waals surface area contributed by atoms with Crippen LogP contribution in [0.25, 0.3) is 0 Å². The molecule has 4 rings (SSSR count). The van der Waals surface area contributed by atoms with E-state index in [1.807, 2.05) is 7.05 Å². The number of aliphatic imine (C=N–C) groups is 1. The lowest BCUT2D eigenvalue weighted by Gasteiger charge is -2.55. The van der Waals surface area contributed by atoms with E-state index < -0.39 is 0 Å². The van der Waals surface area contributed by atoms with Gasteiger partial charge in [-0.1, -0.05) is 26.0 Å². The average molecular weight is 371 g/mol. The Morgan fingerprint density at radius 3 is 2.63 bits per heavy atom. The monoisotopic (exact) mass is 370 g/mol. The molecule has 1 aromatic carbocycles. The Kier molecular flexibility index (Phi) is 4.83. The summed E-state index contributed by atoms with van der Waals surface area (Å²) in [5.41, 5.74) is 4.33. The van der Waals surface area contributed by atoms with E-state index in [9.17, 15) is 0 Å². The van der Waals surface area contributed by atoms with Crippen molar-refractivity contribution in [1.29, 1.82) is 0 Å². The molecule has 3 fully saturated rings. The zero-order chi connectivity index (χ0) is 19.2. The van der Waals surface area contributed by atoms with Gasteiger partial charge in [0.05, 0.1) is 6.10 Å². The van der Waals surface area contributed by atoms with Crippen LogP contribution in [-0.2, 0) is 4.74 Å². The van der Waals surface area contributed by atoms with Gasteiger partial charge in [-0.3, -0.25) is 4.99 Å². The zero-order valence-corrected chi connectivity index (χ0v) is 17.5. The highest BCUT2D eigenvalue weighted by Gasteiger charge is 2.59. The van der Waals surface area contributed by atoms with Gasteiger partial charge in [0.2, 0.25) is 0 Å². The lowest BCUT2D eigenvalue weighted by Crippen LogP contribution is -2.68. The molecule has 0 bridgehead atoms. The Morgan fingerprint density at radius 2 is 1.93 bits per heavy atom. The van der Waals surface area contributed by atoms with E-state index in [-0.39, 0.29) is 5.41 Å². The van der Waals surface area contributed by atoms with Gasteiger partial charge < -0.3 is 19.9 Å². The largest absolute Gasteiger partial charge is 0.377 e. The number of piperazine rings is 1. The van der Waals surface area contributed by atoms with Crippen LogP contribution in [0, 0.1) is 25.2 Å². The van der Waals surface area contributed by atoms with Crippen LogP contribution in [0.3, 0.4) is 0 Å². The van der Waals surface area contributed by atoms with Crippen molar-refractivity contribution in [2.75, 3.05) is 44.7 Å². The van der Waals surface area contributed by atoms with Gasteiger partial charge in [-0.05, 0) is 37.5 Å². The topological polar surface area (TPSA) is 40.1 Å². The Balaban J connectivity index is 1.39. The van der Waals surface area contributed by atoms with Crippen LogP contribution in [0.5, 0.6) is 0 Å². The van der Waals surface area contributed by atoms with E-state index in [2.05, 4.69) is 66.0 Å². The summed E-state index contributed by atoms with van der Waals surface area (Å²) in [6.45, 7) is 14.1. The number of fused-ring (bicyclic) bond motifs is 1. The van der Waals surface area contributed by atoms with E-state index >= 15 is 0 Å². The number of hydrogen-bond donors (Lipinski definition) is 1. The first-order valence-corrected chi connectivity index (χ1v) is 10.3. The minimum Gasteiger partial charge on any atom is -0.377 e. The van der Waals surface area contributed by atoms with Gasteiger partial charge in [0.25, 0.3) is 0 Å². The summed E-state index contributed by atoms with van der Waals surface area (Å²) in [4.78, 5) is 9.55. The van der Waals surface area contributed by atoms with Crippen molar-refractivity contribution >= 4 is 11.6 Å². The fourth-order valence-corrected chi connectivity index (χ4v) is 5.29. The van der Waals surface area contributed by atoms with Crippen molar-refractivity contribution in [3.05, 3.63) is 29.3 Å². The molecule has 5 nitrogen and oxygen atoms in total. The standard InChI is InChI=1S/C22H34N4O/c1-15-7-6-8-18(16(15)2)25-10-12-26(13-11-25)21(23-5)24-19-17-9-14-27-20(17)22(19,3)4/h6-8,17,19-20H,9-14H2,1-5H3,(H,23,24). The van der Waals surface area contributed by atoms with Gasteiger partial charge in [-0.25, -0.2) is 0 Å². The van der Waals surface area contributed by atoms with Gasteiger partial charge in [-0.15, -0.1) is 0 Å². The lowest BCUT2D eigenvalue weighted by molar-refractivity contribution is -0.107. The first-order chi connectivity index (χ1) is 12.9. The summed E-state index contributed by atoms with van der Waals surface area (Å²) in [6.07, 6.45) is 1.58. The molecule has 2 aliphatic heterocycles. The van der Waals surface area contributed by atoms with Gasteiger partial charge in [-0.2, -0.15) is 0 Å². The second-order valence-corrected chi connectivity index (χ2v) is 8.93. The SMILES string of the molecule is CN=C(NC1C2CCOC2C1(C)C)N1CCN(c2cccc(C)c2C)CC1. The third-order valence-electron chi connectivity index (χ3n) is 7.09. The number of aryl methyl sites for hydroxylation is 1. The number of nitrogens with zero attached hydrogens (tertiary/aromatic N) is 3. The minimum atomic E-state index is 0.178. The van der Waals surface area contributed by atoms with Crippen LogP contribution in [0.4, 0.5) is 5.69 Å². The summed E-state index contributed by atoms with van der Waals surface area (Å²) < 4.78 is 5.94. The molecule has 1 saturated carbocycles. The molecule has 0 amide bonds. The van der Waals surface area contributed by atoms with Crippen LogP contribution >= 0.6 is 0 Å². The van der Waals surface area contributed by atoms with Crippen molar-refractivity contribution < 1.29 is 4.74 Å². The average Bonchev–Trinajstić information content (AvgIpc) is 3.12. The van der Waals surface area contributed by atoms with Crippen molar-refractivity contribution in [1.82, 2.24) is 10.2 Å². The second-order valence-electron chi connectivity index (χ2n) is 8.93. The molecule has 0 spiro atoms. The molecule has 27 heavy (non-hydrogen) atoms. The number of guanidine groups is 1. The molecule has 3 unspecified atom stereocenters. The molecule has 1 N–H and O–H groups in total. The number of ether oxygens (including phenoxy) is 1. The number of rotatable bonds is 2. The molecule has 5 heteroatoms. The Morgan fingerprint density at radius 1 is 1.19 bits per heavy atom. The molecule has 148 valence electrons. The molecule has 0 aromatic heterocycles. The lowest BCUT2D eigenvalue weighted by atomic mass is 9.57. The van der Waals surface area contributed by atoms with Crippen LogP contribution < -0.4 is 10.2 Å². The van der Waals surface area contributed by atoms with Gasteiger partial charge >= 0.3 is 0 Å². The van der Waals surface area contributed by atoms with Crippen molar-refractivity contribution in [2.45, 2.75) is 46.3 Å². The van der Waals surface area contributed by atoms with Gasteiger partial charge in [0, 0.05) is 62.9 Å². The Labute approximate surface area is 163 Å². The normalized spacial score (nSPS) is 30.1. The quantitative estimate of drug-likeness (QED) is 0.642. The van der Waals surface area contributed by atoms with E-state index in [0.717, 1.165) is 38.7 Å². The zero-order valence-electron chi connectivity index (χ0n) is 17.5. The third kappa shape index (κ3) is 3.10. The maximum atomic E-state index is 5.94. The van der Waals surface area contributed by atoms with Crippen molar-refractivity contribution in [3.8, 4) is 0 Å². The molecule has 2 heterocycles. The van der Waals surface area contributed by atoms with E-state index in [4.69, 9.17) is 4.74 Å². The number of hydrogen-bond acceptors (Lipinski definition) is 3. The fourth-order valence-electron chi connectivity index (χ4n) is 5.29. The highest BCUT2D eigenvalue weighted by molar-refractivity contribution is 5.81. The van der Waals surface area contributed by atoms with Crippen LogP contribution in [0.2, 0.25) is 0 Å². The smallest absolute Gasteiger partial charge is 0.194 e. The highest BCUT2D eigenvalue weighted by Crippen LogP contribution is 2.52. The number of anilines is 1. The molecule has 1 aromatic rings.